The Morgan fingerprint density at radius 2 is 2.15 bits per heavy atom. The van der Waals surface area contributed by atoms with Crippen molar-refractivity contribution in [2.24, 2.45) is 0 Å². The summed E-state index contributed by atoms with van der Waals surface area (Å²) in [6, 6.07) is 3.75. The van der Waals surface area contributed by atoms with Gasteiger partial charge in [-0.05, 0) is 24.6 Å². The lowest BCUT2D eigenvalue weighted by molar-refractivity contribution is -0.139. The van der Waals surface area contributed by atoms with Gasteiger partial charge in [0.25, 0.3) is 0 Å². The van der Waals surface area contributed by atoms with Crippen molar-refractivity contribution in [3.63, 3.8) is 0 Å². The molecule has 0 spiro atoms. The van der Waals surface area contributed by atoms with Crippen LogP contribution in [0.4, 0.5) is 0 Å². The summed E-state index contributed by atoms with van der Waals surface area (Å²) in [6.45, 7) is -0.479. The molecule has 3 N–H and O–H groups in total. The van der Waals surface area contributed by atoms with Crippen molar-refractivity contribution in [3.05, 3.63) is 28.8 Å². The molecule has 0 amide bonds. The molecule has 7 nitrogen and oxygen atoms in total. The lowest BCUT2D eigenvalue weighted by Gasteiger charge is -2.13. The van der Waals surface area contributed by atoms with E-state index in [1.807, 2.05) is 4.72 Å². The molecule has 1 atom stereocenters. The number of rotatable bonds is 6. The molecule has 1 aromatic carbocycles. The molecule has 0 aliphatic heterocycles. The average Bonchev–Trinajstić information content (AvgIpc) is 2.37. The van der Waals surface area contributed by atoms with Crippen LogP contribution >= 0.6 is 11.6 Å². The predicted molar refractivity (Wildman–Crippen MR) is 69.6 cm³/mol. The number of aliphatic carboxylic acids is 1. The van der Waals surface area contributed by atoms with E-state index < -0.39 is 28.6 Å². The number of nitriles is 1. The first kappa shape index (κ1) is 16.4. The van der Waals surface area contributed by atoms with Crippen LogP contribution in [-0.2, 0) is 14.8 Å². The number of hydrogen-bond acceptors (Lipinski definition) is 5. The molecule has 0 aliphatic carbocycles. The van der Waals surface area contributed by atoms with Crippen LogP contribution in [-0.4, -0.2) is 37.2 Å². The zero-order valence-electron chi connectivity index (χ0n) is 10.1. The van der Waals surface area contributed by atoms with Gasteiger partial charge in [-0.3, -0.25) is 4.79 Å². The zero-order valence-corrected chi connectivity index (χ0v) is 11.6. The van der Waals surface area contributed by atoms with Crippen molar-refractivity contribution in [2.45, 2.75) is 17.4 Å². The summed E-state index contributed by atoms with van der Waals surface area (Å²) < 4.78 is 25.9. The quantitative estimate of drug-likeness (QED) is 0.693. The number of aliphatic hydroxyl groups excluding tert-OH is 1. The van der Waals surface area contributed by atoms with Gasteiger partial charge in [-0.15, -0.1) is 0 Å². The Labute approximate surface area is 120 Å². The summed E-state index contributed by atoms with van der Waals surface area (Å²) in [7, 11) is -4.11. The largest absolute Gasteiger partial charge is 0.480 e. The van der Waals surface area contributed by atoms with Gasteiger partial charge in [0.15, 0.2) is 0 Å². The van der Waals surface area contributed by atoms with Gasteiger partial charge >= 0.3 is 5.97 Å². The van der Waals surface area contributed by atoms with Gasteiger partial charge in [0.05, 0.1) is 15.5 Å². The first-order valence-corrected chi connectivity index (χ1v) is 7.23. The molecule has 0 fully saturated rings. The Morgan fingerprint density at radius 3 is 2.60 bits per heavy atom. The van der Waals surface area contributed by atoms with E-state index in [0.717, 1.165) is 12.1 Å². The summed E-state index contributed by atoms with van der Waals surface area (Å²) in [5, 5.41) is 26.2. The molecule has 1 rings (SSSR count). The molecule has 0 saturated carbocycles. The number of nitrogens with one attached hydrogen (secondary N) is 1. The van der Waals surface area contributed by atoms with Crippen molar-refractivity contribution in [3.8, 4) is 6.07 Å². The highest BCUT2D eigenvalue weighted by Gasteiger charge is 2.25. The lowest BCUT2D eigenvalue weighted by atomic mass is 10.2. The van der Waals surface area contributed by atoms with Crippen LogP contribution < -0.4 is 4.72 Å². The molecular weight excluding hydrogens is 308 g/mol. The number of halogens is 1. The first-order chi connectivity index (χ1) is 9.31. The van der Waals surface area contributed by atoms with Gasteiger partial charge in [-0.2, -0.15) is 9.98 Å². The predicted octanol–water partition coefficient (Wildman–Crippen LogP) is 0.326. The smallest absolute Gasteiger partial charge is 0.321 e. The highest BCUT2D eigenvalue weighted by Crippen LogP contribution is 2.20. The van der Waals surface area contributed by atoms with E-state index in [9.17, 15) is 13.2 Å². The maximum atomic E-state index is 12.0. The second kappa shape index (κ2) is 6.67. The first-order valence-electron chi connectivity index (χ1n) is 5.37. The number of sulfonamides is 1. The van der Waals surface area contributed by atoms with Crippen LogP contribution in [0.15, 0.2) is 23.1 Å². The highest BCUT2D eigenvalue weighted by molar-refractivity contribution is 7.89. The Balaban J connectivity index is 3.08. The summed E-state index contributed by atoms with van der Waals surface area (Å²) in [5.74, 6) is -1.40. The molecule has 9 heteroatoms. The van der Waals surface area contributed by atoms with Crippen LogP contribution in [0.1, 0.15) is 12.0 Å². The van der Waals surface area contributed by atoms with E-state index >= 15 is 0 Å². The number of carboxylic acid groups (broad SMARTS) is 1. The molecule has 0 aromatic heterocycles. The Hall–Kier alpha value is -1.66. The van der Waals surface area contributed by atoms with E-state index in [1.54, 1.807) is 6.07 Å². The minimum absolute atomic E-state index is 0.0515. The van der Waals surface area contributed by atoms with Crippen LogP contribution in [0, 0.1) is 11.3 Å². The third-order valence-electron chi connectivity index (χ3n) is 2.38. The maximum absolute atomic E-state index is 12.0. The molecule has 0 unspecified atom stereocenters. The SMILES string of the molecule is N#Cc1ccc(S(=O)(=O)N[C@H](CCO)C(=O)O)cc1Cl. The monoisotopic (exact) mass is 318 g/mol. The van der Waals surface area contributed by atoms with Crippen LogP contribution in [0.2, 0.25) is 5.02 Å². The minimum atomic E-state index is -4.11. The fourth-order valence-electron chi connectivity index (χ4n) is 1.37. The molecule has 108 valence electrons. The molecule has 0 radical (unpaired) electrons. The normalized spacial score (nSPS) is 12.7. The second-order valence-electron chi connectivity index (χ2n) is 3.78. The van der Waals surface area contributed by atoms with E-state index in [1.165, 1.54) is 6.07 Å². The fourth-order valence-corrected chi connectivity index (χ4v) is 2.91. The number of carboxylic acids is 1. The zero-order chi connectivity index (χ0) is 15.3. The van der Waals surface area contributed by atoms with Crippen LogP contribution in [0.25, 0.3) is 0 Å². The molecule has 0 saturated heterocycles. The number of nitrogens with zero attached hydrogens (tertiary/aromatic N) is 1. The van der Waals surface area contributed by atoms with E-state index in [-0.39, 0.29) is 21.9 Å². The topological polar surface area (TPSA) is 127 Å². The van der Waals surface area contributed by atoms with Gasteiger partial charge in [-0.1, -0.05) is 11.6 Å². The van der Waals surface area contributed by atoms with Crippen LogP contribution in [0.5, 0.6) is 0 Å². The summed E-state index contributed by atoms with van der Waals surface area (Å²) in [5.41, 5.74) is 0.107. The van der Waals surface area contributed by atoms with Crippen molar-refractivity contribution >= 4 is 27.6 Å². The fraction of sp³-hybridized carbons (Fsp3) is 0.273. The molecule has 0 aliphatic rings. The molecule has 0 bridgehead atoms. The van der Waals surface area contributed by atoms with Crippen LogP contribution in [0.3, 0.4) is 0 Å². The van der Waals surface area contributed by atoms with Gasteiger partial charge in [0.1, 0.15) is 12.1 Å². The van der Waals surface area contributed by atoms with E-state index in [0.29, 0.717) is 0 Å². The van der Waals surface area contributed by atoms with Crippen molar-refractivity contribution in [1.29, 1.82) is 5.26 Å². The molecule has 1 aromatic rings. The van der Waals surface area contributed by atoms with E-state index in [2.05, 4.69) is 0 Å². The van der Waals surface area contributed by atoms with Gasteiger partial charge in [-0.25, -0.2) is 8.42 Å². The van der Waals surface area contributed by atoms with Gasteiger partial charge < -0.3 is 10.2 Å². The maximum Gasteiger partial charge on any atom is 0.321 e. The van der Waals surface area contributed by atoms with Crippen molar-refractivity contribution in [2.75, 3.05) is 6.61 Å². The van der Waals surface area contributed by atoms with Gasteiger partial charge in [0, 0.05) is 6.61 Å². The number of aliphatic hydroxyl groups is 1. The number of hydrogen-bond donors (Lipinski definition) is 3. The summed E-state index contributed by atoms with van der Waals surface area (Å²) >= 11 is 5.72. The number of carbonyl (C=O) groups is 1. The summed E-state index contributed by atoms with van der Waals surface area (Å²) in [6.07, 6.45) is -0.265. The van der Waals surface area contributed by atoms with E-state index in [4.69, 9.17) is 27.1 Å². The Kier molecular flexibility index (Phi) is 5.47. The third-order valence-corrected chi connectivity index (χ3v) is 4.17. The average molecular weight is 319 g/mol. The summed E-state index contributed by atoms with van der Waals surface area (Å²) in [4.78, 5) is 10.6. The highest BCUT2D eigenvalue weighted by atomic mass is 35.5. The Bertz CT molecular complexity index is 653. The second-order valence-corrected chi connectivity index (χ2v) is 5.90. The molecule has 20 heavy (non-hydrogen) atoms. The Morgan fingerprint density at radius 1 is 1.50 bits per heavy atom. The van der Waals surface area contributed by atoms with Gasteiger partial charge in [0.2, 0.25) is 10.0 Å². The molecular formula is C11H11ClN2O5S. The van der Waals surface area contributed by atoms with Crippen molar-refractivity contribution in [1.82, 2.24) is 4.72 Å². The minimum Gasteiger partial charge on any atom is -0.480 e. The standard InChI is InChI=1S/C11H11ClN2O5S/c12-9-5-8(2-1-7(9)6-13)20(18,19)14-10(3-4-15)11(16)17/h1-2,5,10,14-15H,3-4H2,(H,16,17)/t10-/m1/s1. The third kappa shape index (κ3) is 3.91. The lowest BCUT2D eigenvalue weighted by Crippen LogP contribution is -2.41. The number of benzene rings is 1. The van der Waals surface area contributed by atoms with Crippen molar-refractivity contribution < 1.29 is 23.4 Å². The molecule has 0 heterocycles.